The quantitative estimate of drug-likeness (QED) is 0.395. The Labute approximate surface area is 47.3 Å². The predicted molar refractivity (Wildman–Crippen MR) is 28.6 cm³/mol. The Bertz CT molecular complexity index is 131. The highest BCUT2D eigenvalue weighted by molar-refractivity contribution is 5.86. The molecule has 0 unspecified atom stereocenters. The zero-order valence-electron chi connectivity index (χ0n) is 4.80. The maximum atomic E-state index is 9.92. The number of aliphatic hydroxyl groups is 1. The summed E-state index contributed by atoms with van der Waals surface area (Å²) in [5, 5.41) is 16.6. The topological polar surface area (TPSA) is 57.5 Å². The smallest absolute Gasteiger partial charge is 0.334 e. The van der Waals surface area contributed by atoms with Crippen LogP contribution in [0, 0.1) is 0 Å². The van der Waals surface area contributed by atoms with Crippen LogP contribution in [0.4, 0.5) is 0 Å². The number of allylic oxidation sites excluding steroid dienone is 1. The van der Waals surface area contributed by atoms with Gasteiger partial charge in [-0.15, -0.1) is 0 Å². The Hall–Kier alpha value is -0.990. The van der Waals surface area contributed by atoms with Gasteiger partial charge < -0.3 is 10.2 Å². The van der Waals surface area contributed by atoms with Crippen LogP contribution in [-0.4, -0.2) is 16.2 Å². The molecule has 0 saturated heterocycles. The van der Waals surface area contributed by atoms with Crippen molar-refractivity contribution < 1.29 is 15.0 Å². The van der Waals surface area contributed by atoms with Crippen molar-refractivity contribution in [3.05, 3.63) is 11.3 Å². The molecule has 0 radical (unpaired) electrons. The normalized spacial score (nSPS) is 12.8. The van der Waals surface area contributed by atoms with Gasteiger partial charge in [0.1, 0.15) is 0 Å². The zero-order valence-corrected chi connectivity index (χ0v) is 4.80. The zero-order chi connectivity index (χ0) is 6.73. The van der Waals surface area contributed by atoms with Crippen molar-refractivity contribution in [1.29, 1.82) is 0 Å². The molecule has 0 aliphatic rings. The molecule has 0 atom stereocenters. The third kappa shape index (κ3) is 1.64. The number of carbonyl (C=O) groups is 1. The Morgan fingerprint density at radius 3 is 1.62 bits per heavy atom. The second-order valence-corrected chi connectivity index (χ2v) is 1.52. The van der Waals surface area contributed by atoms with E-state index in [1.165, 1.54) is 13.8 Å². The molecule has 2 N–H and O–H groups in total. The largest absolute Gasteiger partial charge is 0.512 e. The fourth-order valence-electron chi connectivity index (χ4n) is 0.155. The summed E-state index contributed by atoms with van der Waals surface area (Å²) in [6.45, 7) is 2.68. The van der Waals surface area contributed by atoms with Crippen LogP contribution in [0.15, 0.2) is 11.3 Å². The molecule has 0 aromatic rings. The molecule has 3 heteroatoms. The molecule has 0 saturated carbocycles. The number of carboxylic acids is 1. The summed E-state index contributed by atoms with van der Waals surface area (Å²) in [7, 11) is 0. The molecule has 8 heavy (non-hydrogen) atoms. The number of hydrogen-bond acceptors (Lipinski definition) is 2. The van der Waals surface area contributed by atoms with Gasteiger partial charge in [-0.05, 0) is 13.8 Å². The molecule has 46 valence electrons. The van der Waals surface area contributed by atoms with E-state index in [2.05, 4.69) is 0 Å². The molecule has 3 nitrogen and oxygen atoms in total. The van der Waals surface area contributed by atoms with Crippen molar-refractivity contribution in [3.63, 3.8) is 0 Å². The maximum absolute atomic E-state index is 9.92. The summed E-state index contributed by atoms with van der Waals surface area (Å²) < 4.78 is 0. The molecule has 0 spiro atoms. The molecule has 0 aromatic heterocycles. The maximum Gasteiger partial charge on any atom is 0.334 e. The Balaban J connectivity index is 4.23. The standard InChI is InChI=1S/C5H8O3/c1-3(4(2)6)5(7)8/h6H,1-2H3,(H,7,8). The lowest BCUT2D eigenvalue weighted by molar-refractivity contribution is -0.132. The van der Waals surface area contributed by atoms with Gasteiger partial charge in [-0.2, -0.15) is 0 Å². The first kappa shape index (κ1) is 7.01. The van der Waals surface area contributed by atoms with Crippen molar-refractivity contribution in [2.24, 2.45) is 0 Å². The molecule has 0 aromatic carbocycles. The molecule has 0 rings (SSSR count). The average Bonchev–Trinajstić information content (AvgIpc) is 1.64. The predicted octanol–water partition coefficient (Wildman–Crippen LogP) is 0.923. The number of rotatable bonds is 1. The van der Waals surface area contributed by atoms with Crippen LogP contribution >= 0.6 is 0 Å². The van der Waals surface area contributed by atoms with Gasteiger partial charge in [-0.1, -0.05) is 0 Å². The van der Waals surface area contributed by atoms with Crippen molar-refractivity contribution in [1.82, 2.24) is 0 Å². The highest BCUT2D eigenvalue weighted by atomic mass is 16.4. The summed E-state index contributed by atoms with van der Waals surface area (Å²) in [5.74, 6) is -1.22. The molecule has 0 fully saturated rings. The van der Waals surface area contributed by atoms with Crippen LogP contribution in [0.5, 0.6) is 0 Å². The lowest BCUT2D eigenvalue weighted by atomic mass is 10.3. The molecule has 0 amide bonds. The summed E-state index contributed by atoms with van der Waals surface area (Å²) in [6.07, 6.45) is 0. The lowest BCUT2D eigenvalue weighted by Crippen LogP contribution is -1.98. The molecular weight excluding hydrogens is 108 g/mol. The highest BCUT2D eigenvalue weighted by Gasteiger charge is 2.01. The molecule has 0 heterocycles. The minimum absolute atomic E-state index is 0.00926. The second-order valence-electron chi connectivity index (χ2n) is 1.52. The summed E-state index contributed by atoms with van der Waals surface area (Å²) in [5.41, 5.74) is -0.00926. The van der Waals surface area contributed by atoms with Crippen molar-refractivity contribution in [2.75, 3.05) is 0 Å². The Morgan fingerprint density at radius 1 is 1.25 bits per heavy atom. The van der Waals surface area contributed by atoms with Crippen molar-refractivity contribution >= 4 is 5.97 Å². The van der Waals surface area contributed by atoms with Crippen molar-refractivity contribution in [3.8, 4) is 0 Å². The number of hydrogen-bond donors (Lipinski definition) is 2. The van der Waals surface area contributed by atoms with Gasteiger partial charge in [0.05, 0.1) is 11.3 Å². The van der Waals surface area contributed by atoms with Gasteiger partial charge in [0.25, 0.3) is 0 Å². The van der Waals surface area contributed by atoms with Gasteiger partial charge in [0.15, 0.2) is 0 Å². The number of carboxylic acid groups (broad SMARTS) is 1. The van der Waals surface area contributed by atoms with Crippen LogP contribution in [0.25, 0.3) is 0 Å². The second kappa shape index (κ2) is 2.35. The fourth-order valence-corrected chi connectivity index (χ4v) is 0.155. The van der Waals surface area contributed by atoms with E-state index in [4.69, 9.17) is 10.2 Å². The van der Waals surface area contributed by atoms with Gasteiger partial charge in [0.2, 0.25) is 0 Å². The number of aliphatic hydroxyl groups excluding tert-OH is 1. The Morgan fingerprint density at radius 2 is 1.62 bits per heavy atom. The lowest BCUT2D eigenvalue weighted by Gasteiger charge is -1.91. The minimum Gasteiger partial charge on any atom is -0.512 e. The number of aliphatic carboxylic acids is 1. The van der Waals surface area contributed by atoms with E-state index < -0.39 is 5.97 Å². The van der Waals surface area contributed by atoms with E-state index in [1.54, 1.807) is 0 Å². The van der Waals surface area contributed by atoms with E-state index in [0.29, 0.717) is 0 Å². The highest BCUT2D eigenvalue weighted by Crippen LogP contribution is 1.97. The van der Waals surface area contributed by atoms with E-state index in [-0.39, 0.29) is 11.3 Å². The summed E-state index contributed by atoms with van der Waals surface area (Å²) >= 11 is 0. The van der Waals surface area contributed by atoms with Crippen LogP contribution in [0.3, 0.4) is 0 Å². The first-order chi connectivity index (χ1) is 3.55. The first-order valence-electron chi connectivity index (χ1n) is 2.15. The SMILES string of the molecule is CC(O)=C(C)C(=O)O. The summed E-state index contributed by atoms with van der Waals surface area (Å²) in [4.78, 5) is 9.92. The average molecular weight is 116 g/mol. The van der Waals surface area contributed by atoms with Crippen LogP contribution in [0.2, 0.25) is 0 Å². The van der Waals surface area contributed by atoms with E-state index in [1.807, 2.05) is 0 Å². The molecule has 0 bridgehead atoms. The van der Waals surface area contributed by atoms with Gasteiger partial charge >= 0.3 is 5.97 Å². The first-order valence-corrected chi connectivity index (χ1v) is 2.15. The fraction of sp³-hybridized carbons (Fsp3) is 0.400. The van der Waals surface area contributed by atoms with E-state index in [0.717, 1.165) is 0 Å². The van der Waals surface area contributed by atoms with Crippen LogP contribution < -0.4 is 0 Å². The van der Waals surface area contributed by atoms with Crippen LogP contribution in [0.1, 0.15) is 13.8 Å². The van der Waals surface area contributed by atoms with Gasteiger partial charge in [-0.25, -0.2) is 4.79 Å². The summed E-state index contributed by atoms with van der Waals surface area (Å²) in [6, 6.07) is 0. The monoisotopic (exact) mass is 116 g/mol. The third-order valence-electron chi connectivity index (χ3n) is 0.864. The van der Waals surface area contributed by atoms with Crippen LogP contribution in [-0.2, 0) is 4.79 Å². The van der Waals surface area contributed by atoms with E-state index in [9.17, 15) is 4.79 Å². The van der Waals surface area contributed by atoms with Gasteiger partial charge in [-0.3, -0.25) is 0 Å². The molecule has 0 aliphatic heterocycles. The Kier molecular flexibility index (Phi) is 2.06. The van der Waals surface area contributed by atoms with Crippen molar-refractivity contribution in [2.45, 2.75) is 13.8 Å². The third-order valence-corrected chi connectivity index (χ3v) is 0.864. The minimum atomic E-state index is -1.08. The molecule has 0 aliphatic carbocycles. The van der Waals surface area contributed by atoms with E-state index >= 15 is 0 Å². The molecular formula is C5H8O3. The van der Waals surface area contributed by atoms with Gasteiger partial charge in [0, 0.05) is 0 Å².